The summed E-state index contributed by atoms with van der Waals surface area (Å²) >= 11 is 7.13. The Morgan fingerprint density at radius 1 is 1.43 bits per heavy atom. The summed E-state index contributed by atoms with van der Waals surface area (Å²) in [4.78, 5) is 2.40. The molecule has 0 unspecified atom stereocenters. The zero-order valence-electron chi connectivity index (χ0n) is 7.67. The average molecular weight is 495 g/mol. The number of rotatable bonds is 4. The quantitative estimate of drug-likeness (QED) is 0.446. The van der Waals surface area contributed by atoms with E-state index < -0.39 is 0 Å². The van der Waals surface area contributed by atoms with Gasteiger partial charge in [0.05, 0.1) is 0 Å². The van der Waals surface area contributed by atoms with Crippen LogP contribution >= 0.6 is 38.5 Å². The molecule has 0 radical (unpaired) electrons. The van der Waals surface area contributed by atoms with Crippen molar-refractivity contribution in [1.29, 1.82) is 0 Å². The van der Waals surface area contributed by atoms with Crippen LogP contribution in [0.5, 0.6) is 0 Å². The van der Waals surface area contributed by atoms with Gasteiger partial charge in [0, 0.05) is 0 Å². The van der Waals surface area contributed by atoms with Crippen LogP contribution in [0.3, 0.4) is 0 Å². The van der Waals surface area contributed by atoms with Crippen molar-refractivity contribution in [2.24, 2.45) is 0 Å². The topological polar surface area (TPSA) is 0 Å². The van der Waals surface area contributed by atoms with Crippen LogP contribution in [0, 0.1) is 0 Å². The molecular formula is C10H10BrISe2. The van der Waals surface area contributed by atoms with Gasteiger partial charge in [0.1, 0.15) is 0 Å². The van der Waals surface area contributed by atoms with Crippen LogP contribution in [0.2, 0.25) is 5.32 Å². The van der Waals surface area contributed by atoms with E-state index in [1.807, 2.05) is 0 Å². The predicted octanol–water partition coefficient (Wildman–Crippen LogP) is 3.15. The molecule has 76 valence electrons. The first kappa shape index (κ1) is 13.3. The Hall–Kier alpha value is 1.21. The van der Waals surface area contributed by atoms with E-state index >= 15 is 0 Å². The molecule has 0 heterocycles. The molecule has 0 nitrogen and oxygen atoms in total. The minimum atomic E-state index is 0.508. The Bertz CT molecular complexity index is 308. The van der Waals surface area contributed by atoms with E-state index in [0.717, 1.165) is 4.47 Å². The fourth-order valence-electron chi connectivity index (χ4n) is 0.799. The van der Waals surface area contributed by atoms with Crippen molar-refractivity contribution >= 4 is 72.9 Å². The summed E-state index contributed by atoms with van der Waals surface area (Å²) in [6.45, 7) is 2.25. The van der Waals surface area contributed by atoms with E-state index in [9.17, 15) is 0 Å². The first-order chi connectivity index (χ1) is 6.72. The van der Waals surface area contributed by atoms with Gasteiger partial charge >= 0.3 is 121 Å². The Labute approximate surface area is 120 Å². The second kappa shape index (κ2) is 7.48. The second-order valence-corrected chi connectivity index (χ2v) is 10.9. The van der Waals surface area contributed by atoms with Crippen LogP contribution < -0.4 is 4.46 Å². The van der Waals surface area contributed by atoms with Gasteiger partial charge in [-0.15, -0.1) is 0 Å². The van der Waals surface area contributed by atoms with Crippen LogP contribution in [0.1, 0.15) is 6.92 Å². The van der Waals surface area contributed by atoms with Crippen LogP contribution in [0.25, 0.3) is 0 Å². The third-order valence-electron chi connectivity index (χ3n) is 1.38. The number of benzene rings is 1. The zero-order chi connectivity index (χ0) is 10.4. The molecule has 0 aliphatic heterocycles. The average Bonchev–Trinajstić information content (AvgIpc) is 2.17. The molecule has 0 bridgehead atoms. The summed E-state index contributed by atoms with van der Waals surface area (Å²) in [5.74, 6) is 0. The van der Waals surface area contributed by atoms with Crippen molar-refractivity contribution in [3.05, 3.63) is 36.2 Å². The van der Waals surface area contributed by atoms with E-state index in [2.05, 4.69) is 74.7 Å². The van der Waals surface area contributed by atoms with Crippen molar-refractivity contribution in [2.45, 2.75) is 12.2 Å². The predicted molar refractivity (Wildman–Crippen MR) is 77.9 cm³/mol. The van der Waals surface area contributed by atoms with Gasteiger partial charge in [-0.2, -0.15) is 0 Å². The van der Waals surface area contributed by atoms with Crippen molar-refractivity contribution in [3.63, 3.8) is 0 Å². The van der Waals surface area contributed by atoms with E-state index in [1.165, 1.54) is 9.78 Å². The van der Waals surface area contributed by atoms with E-state index in [0.29, 0.717) is 29.9 Å². The number of hydrogen-bond acceptors (Lipinski definition) is 0. The molecule has 0 aliphatic rings. The summed E-state index contributed by atoms with van der Waals surface area (Å²) in [6, 6.07) is 8.62. The first-order valence-corrected chi connectivity index (χ1v) is 9.91. The Kier molecular flexibility index (Phi) is 7.09. The molecule has 0 aliphatic carbocycles. The first-order valence-electron chi connectivity index (χ1n) is 4.13. The van der Waals surface area contributed by atoms with Gasteiger partial charge in [-0.25, -0.2) is 0 Å². The second-order valence-electron chi connectivity index (χ2n) is 2.43. The van der Waals surface area contributed by atoms with E-state index in [4.69, 9.17) is 0 Å². The van der Waals surface area contributed by atoms with Gasteiger partial charge in [0.2, 0.25) is 0 Å². The molecular weight excluding hydrogens is 485 g/mol. The summed E-state index contributed by atoms with van der Waals surface area (Å²) in [6.07, 6.45) is 0. The van der Waals surface area contributed by atoms with Crippen LogP contribution in [0.15, 0.2) is 36.2 Å². The summed E-state index contributed by atoms with van der Waals surface area (Å²) < 4.78 is 4.16. The van der Waals surface area contributed by atoms with Gasteiger partial charge in [-0.05, 0) is 0 Å². The van der Waals surface area contributed by atoms with Gasteiger partial charge in [-0.3, -0.25) is 0 Å². The van der Waals surface area contributed by atoms with Gasteiger partial charge in [0.25, 0.3) is 0 Å². The monoisotopic (exact) mass is 496 g/mol. The fourth-order valence-corrected chi connectivity index (χ4v) is 6.43. The third-order valence-corrected chi connectivity index (χ3v) is 8.86. The molecule has 0 amide bonds. The summed E-state index contributed by atoms with van der Waals surface area (Å²) in [5.41, 5.74) is 0. The standard InChI is InChI=1S/C10H10BrISe2/c1-2-13-10(12)7-14-9-5-3-8(11)4-6-9/h3-7H,2H2,1H3/b10-7-. The van der Waals surface area contributed by atoms with E-state index in [1.54, 1.807) is 2.48 Å². The molecule has 0 aromatic heterocycles. The maximum absolute atomic E-state index is 3.44. The van der Waals surface area contributed by atoms with Crippen molar-refractivity contribution in [3.8, 4) is 0 Å². The molecule has 0 fully saturated rings. The van der Waals surface area contributed by atoms with Crippen molar-refractivity contribution in [2.75, 3.05) is 0 Å². The molecule has 14 heavy (non-hydrogen) atoms. The number of halogens is 2. The maximum atomic E-state index is 3.44. The summed E-state index contributed by atoms with van der Waals surface area (Å²) in [7, 11) is 0. The molecule has 1 aromatic rings. The van der Waals surface area contributed by atoms with Crippen LogP contribution in [0.4, 0.5) is 0 Å². The van der Waals surface area contributed by atoms with Crippen molar-refractivity contribution < 1.29 is 0 Å². The van der Waals surface area contributed by atoms with Gasteiger partial charge in [0.15, 0.2) is 0 Å². The molecule has 0 saturated carbocycles. The molecule has 1 aromatic carbocycles. The Balaban J connectivity index is 2.53. The van der Waals surface area contributed by atoms with E-state index in [-0.39, 0.29) is 0 Å². The minimum absolute atomic E-state index is 0.508. The molecule has 1 rings (SSSR count). The third kappa shape index (κ3) is 5.34. The summed E-state index contributed by atoms with van der Waals surface area (Å²) in [5, 5.41) is 1.30. The normalized spacial score (nSPS) is 11.8. The fraction of sp³-hybridized carbons (Fsp3) is 0.200. The number of hydrogen-bond donors (Lipinski definition) is 0. The SMILES string of the molecule is CC[Se]/C(I)=C\[Se]c1ccc(Br)cc1. The molecule has 0 N–H and O–H groups in total. The zero-order valence-corrected chi connectivity index (χ0v) is 14.8. The molecule has 0 atom stereocenters. The molecule has 0 spiro atoms. The Morgan fingerprint density at radius 3 is 2.64 bits per heavy atom. The van der Waals surface area contributed by atoms with Crippen LogP contribution in [-0.2, 0) is 0 Å². The van der Waals surface area contributed by atoms with Crippen molar-refractivity contribution in [1.82, 2.24) is 0 Å². The van der Waals surface area contributed by atoms with Gasteiger partial charge in [-0.1, -0.05) is 0 Å². The molecule has 4 heteroatoms. The van der Waals surface area contributed by atoms with Crippen LogP contribution in [-0.4, -0.2) is 29.9 Å². The van der Waals surface area contributed by atoms with Gasteiger partial charge < -0.3 is 0 Å². The molecule has 0 saturated heterocycles. The Morgan fingerprint density at radius 2 is 2.07 bits per heavy atom.